The Morgan fingerprint density at radius 3 is 2.33 bits per heavy atom. The molecule has 0 bridgehead atoms. The van der Waals surface area contributed by atoms with E-state index in [0.29, 0.717) is 0 Å². The quantitative estimate of drug-likeness (QED) is 0.467. The summed E-state index contributed by atoms with van der Waals surface area (Å²) in [5.74, 6) is -3.78. The molecule has 0 heterocycles. The van der Waals surface area contributed by atoms with E-state index >= 15 is 0 Å². The number of nitrogens with one attached hydrogen (secondary N) is 3. The molecular formula is C22H18ClF2N3O4S. The van der Waals surface area contributed by atoms with Crippen molar-refractivity contribution >= 4 is 39.1 Å². The average Bonchev–Trinajstić information content (AvgIpc) is 2.80. The number of sulfonamides is 1. The van der Waals surface area contributed by atoms with Gasteiger partial charge in [0.2, 0.25) is 5.91 Å². The smallest absolute Gasteiger partial charge is 0.261 e. The topological polar surface area (TPSA) is 104 Å². The lowest BCUT2D eigenvalue weighted by atomic mass is 10.0. The highest BCUT2D eigenvalue weighted by molar-refractivity contribution is 7.92. The third kappa shape index (κ3) is 5.65. The predicted molar refractivity (Wildman–Crippen MR) is 119 cm³/mol. The van der Waals surface area contributed by atoms with E-state index in [4.69, 9.17) is 11.6 Å². The molecule has 2 amide bonds. The maximum absolute atomic E-state index is 13.7. The van der Waals surface area contributed by atoms with Crippen LogP contribution >= 0.6 is 11.6 Å². The van der Waals surface area contributed by atoms with Crippen molar-refractivity contribution in [2.45, 2.75) is 10.9 Å². The second kappa shape index (κ2) is 9.97. The lowest BCUT2D eigenvalue weighted by molar-refractivity contribution is -0.122. The van der Waals surface area contributed by atoms with E-state index in [-0.39, 0.29) is 26.7 Å². The second-order valence-corrected chi connectivity index (χ2v) is 8.90. The first-order valence-corrected chi connectivity index (χ1v) is 11.3. The minimum atomic E-state index is -4.09. The van der Waals surface area contributed by atoms with Gasteiger partial charge in [0.25, 0.3) is 15.9 Å². The van der Waals surface area contributed by atoms with Gasteiger partial charge in [-0.25, -0.2) is 17.2 Å². The highest BCUT2D eigenvalue weighted by Gasteiger charge is 2.25. The van der Waals surface area contributed by atoms with Crippen LogP contribution in [0.25, 0.3) is 0 Å². The van der Waals surface area contributed by atoms with Crippen molar-refractivity contribution < 1.29 is 26.8 Å². The first-order chi connectivity index (χ1) is 15.6. The van der Waals surface area contributed by atoms with Gasteiger partial charge in [-0.05, 0) is 48.0 Å². The second-order valence-electron chi connectivity index (χ2n) is 6.81. The van der Waals surface area contributed by atoms with Crippen molar-refractivity contribution in [1.82, 2.24) is 10.6 Å². The van der Waals surface area contributed by atoms with E-state index in [1.54, 1.807) is 12.1 Å². The average molecular weight is 494 g/mol. The van der Waals surface area contributed by atoms with Gasteiger partial charge < -0.3 is 10.6 Å². The monoisotopic (exact) mass is 493 g/mol. The zero-order chi connectivity index (χ0) is 24.2. The van der Waals surface area contributed by atoms with Crippen molar-refractivity contribution in [1.29, 1.82) is 0 Å². The molecule has 7 nitrogen and oxygen atoms in total. The standard InChI is InChI=1S/C22H18ClF2N3O4S/c1-26-22(30)20(13-9-10-17(24)18(25)12-13)27-21(29)14-5-4-6-15(11-14)33(31,32)28-19-8-3-2-7-16(19)23/h2-12,20,28H,1H3,(H,26,30)(H,27,29). The minimum Gasteiger partial charge on any atom is -0.357 e. The Labute approximate surface area is 193 Å². The lowest BCUT2D eigenvalue weighted by Gasteiger charge is -2.18. The SMILES string of the molecule is CNC(=O)C(NC(=O)c1cccc(S(=O)(=O)Nc2ccccc2Cl)c1)c1ccc(F)c(F)c1. The molecule has 0 radical (unpaired) electrons. The number of para-hydroxylation sites is 1. The number of carbonyl (C=O) groups is 2. The molecule has 3 rings (SSSR count). The van der Waals surface area contributed by atoms with Crippen molar-refractivity contribution in [3.8, 4) is 0 Å². The van der Waals surface area contributed by atoms with Crippen LogP contribution in [0.1, 0.15) is 22.0 Å². The Morgan fingerprint density at radius 2 is 1.67 bits per heavy atom. The molecule has 172 valence electrons. The number of hydrogen-bond donors (Lipinski definition) is 3. The Balaban J connectivity index is 1.87. The molecule has 0 saturated carbocycles. The van der Waals surface area contributed by atoms with Crippen LogP contribution in [0, 0.1) is 11.6 Å². The van der Waals surface area contributed by atoms with Crippen LogP contribution in [0.5, 0.6) is 0 Å². The molecular weight excluding hydrogens is 476 g/mol. The highest BCUT2D eigenvalue weighted by Crippen LogP contribution is 2.24. The molecule has 1 atom stereocenters. The van der Waals surface area contributed by atoms with Crippen molar-refractivity contribution in [3.05, 3.63) is 94.5 Å². The maximum atomic E-state index is 13.7. The van der Waals surface area contributed by atoms with Gasteiger partial charge in [0, 0.05) is 12.6 Å². The third-order valence-electron chi connectivity index (χ3n) is 4.59. The molecule has 3 N–H and O–H groups in total. The molecule has 0 aliphatic rings. The Morgan fingerprint density at radius 1 is 0.939 bits per heavy atom. The number of anilines is 1. The fourth-order valence-electron chi connectivity index (χ4n) is 2.90. The first kappa shape index (κ1) is 24.1. The van der Waals surface area contributed by atoms with Crippen molar-refractivity contribution in [3.63, 3.8) is 0 Å². The number of carbonyl (C=O) groups excluding carboxylic acids is 2. The largest absolute Gasteiger partial charge is 0.357 e. The zero-order valence-electron chi connectivity index (χ0n) is 17.1. The molecule has 3 aromatic rings. The fraction of sp³-hybridized carbons (Fsp3) is 0.0909. The van der Waals surface area contributed by atoms with E-state index < -0.39 is 39.5 Å². The van der Waals surface area contributed by atoms with Crippen molar-refractivity contribution in [2.24, 2.45) is 0 Å². The predicted octanol–water partition coefficient (Wildman–Crippen LogP) is 3.64. The number of likely N-dealkylation sites (N-methyl/N-ethyl adjacent to an activating group) is 1. The Bertz CT molecular complexity index is 1320. The minimum absolute atomic E-state index is 0.00534. The highest BCUT2D eigenvalue weighted by atomic mass is 35.5. The number of amides is 2. The Hall–Kier alpha value is -3.50. The summed E-state index contributed by atoms with van der Waals surface area (Å²) in [5, 5.41) is 4.93. The van der Waals surface area contributed by atoms with Gasteiger partial charge in [-0.3, -0.25) is 14.3 Å². The summed E-state index contributed by atoms with van der Waals surface area (Å²) in [7, 11) is -2.77. The van der Waals surface area contributed by atoms with E-state index in [9.17, 15) is 26.8 Å². The van der Waals surface area contributed by atoms with Crippen LogP contribution in [0.15, 0.2) is 71.6 Å². The lowest BCUT2D eigenvalue weighted by Crippen LogP contribution is -2.39. The van der Waals surface area contributed by atoms with E-state index in [2.05, 4.69) is 15.4 Å². The molecule has 1 unspecified atom stereocenters. The normalized spacial score (nSPS) is 12.0. The van der Waals surface area contributed by atoms with Gasteiger partial charge in [-0.15, -0.1) is 0 Å². The molecule has 0 saturated heterocycles. The van der Waals surface area contributed by atoms with Crippen LogP contribution < -0.4 is 15.4 Å². The van der Waals surface area contributed by atoms with Crippen LogP contribution in [0.3, 0.4) is 0 Å². The number of halogens is 3. The van der Waals surface area contributed by atoms with Crippen LogP contribution in [-0.2, 0) is 14.8 Å². The summed E-state index contributed by atoms with van der Waals surface area (Å²) in [6, 6.07) is 12.8. The van der Waals surface area contributed by atoms with Gasteiger partial charge >= 0.3 is 0 Å². The molecule has 0 aromatic heterocycles. The van der Waals surface area contributed by atoms with Gasteiger partial charge in [-0.1, -0.05) is 35.9 Å². The number of hydrogen-bond acceptors (Lipinski definition) is 4. The van der Waals surface area contributed by atoms with Gasteiger partial charge in [-0.2, -0.15) is 0 Å². The fourth-order valence-corrected chi connectivity index (χ4v) is 4.27. The number of rotatable bonds is 7. The Kier molecular flexibility index (Phi) is 7.29. The van der Waals surface area contributed by atoms with Gasteiger partial charge in [0.05, 0.1) is 15.6 Å². The molecule has 0 aliphatic heterocycles. The zero-order valence-corrected chi connectivity index (χ0v) is 18.7. The maximum Gasteiger partial charge on any atom is 0.261 e. The van der Waals surface area contributed by atoms with E-state index in [0.717, 1.165) is 24.3 Å². The number of benzene rings is 3. The summed E-state index contributed by atoms with van der Waals surface area (Å²) in [6.07, 6.45) is 0. The molecule has 0 fully saturated rings. The summed E-state index contributed by atoms with van der Waals surface area (Å²) in [6.45, 7) is 0. The van der Waals surface area contributed by atoms with E-state index in [1.807, 2.05) is 0 Å². The summed E-state index contributed by atoms with van der Waals surface area (Å²) < 4.78 is 54.8. The van der Waals surface area contributed by atoms with Gasteiger partial charge in [0.1, 0.15) is 6.04 Å². The van der Waals surface area contributed by atoms with E-state index in [1.165, 1.54) is 37.4 Å². The van der Waals surface area contributed by atoms with Crippen molar-refractivity contribution in [2.75, 3.05) is 11.8 Å². The molecule has 0 aliphatic carbocycles. The third-order valence-corrected chi connectivity index (χ3v) is 6.28. The summed E-state index contributed by atoms with van der Waals surface area (Å²) in [4.78, 5) is 24.9. The molecule has 11 heteroatoms. The van der Waals surface area contributed by atoms with Crippen LogP contribution in [0.4, 0.5) is 14.5 Å². The van der Waals surface area contributed by atoms with Crippen LogP contribution in [-0.4, -0.2) is 27.3 Å². The molecule has 33 heavy (non-hydrogen) atoms. The summed E-state index contributed by atoms with van der Waals surface area (Å²) >= 11 is 6.00. The molecule has 3 aromatic carbocycles. The first-order valence-electron chi connectivity index (χ1n) is 9.47. The molecule has 0 spiro atoms. The van der Waals surface area contributed by atoms with Gasteiger partial charge in [0.15, 0.2) is 11.6 Å². The van der Waals surface area contributed by atoms with Crippen LogP contribution in [0.2, 0.25) is 5.02 Å². The summed E-state index contributed by atoms with van der Waals surface area (Å²) in [5.41, 5.74) is 0.0892.